The fraction of sp³-hybridized carbons (Fsp3) is 0.333. The molecule has 1 saturated heterocycles. The van der Waals surface area contributed by atoms with Crippen molar-refractivity contribution in [3.05, 3.63) is 50.9 Å². The molecule has 1 atom stereocenters. The van der Waals surface area contributed by atoms with Crippen LogP contribution in [-0.2, 0) is 6.54 Å². The third-order valence-electron chi connectivity index (χ3n) is 3.69. The van der Waals surface area contributed by atoms with Crippen molar-refractivity contribution < 1.29 is 4.79 Å². The molecule has 2 N–H and O–H groups in total. The van der Waals surface area contributed by atoms with Crippen molar-refractivity contribution >= 4 is 28.8 Å². The van der Waals surface area contributed by atoms with Gasteiger partial charge in [-0.05, 0) is 30.5 Å². The minimum atomic E-state index is -0.0200. The highest BCUT2D eigenvalue weighted by molar-refractivity contribution is 7.09. The highest BCUT2D eigenvalue weighted by Crippen LogP contribution is 2.34. The summed E-state index contributed by atoms with van der Waals surface area (Å²) in [5.74, 6) is -0.0200. The molecule has 3 rings (SSSR count). The number of thiazole rings is 1. The van der Waals surface area contributed by atoms with Crippen molar-refractivity contribution in [3.63, 3.8) is 0 Å². The van der Waals surface area contributed by atoms with Gasteiger partial charge in [0.05, 0.1) is 6.04 Å². The molecule has 1 fully saturated rings. The zero-order valence-corrected chi connectivity index (χ0v) is 13.0. The fourth-order valence-corrected chi connectivity index (χ4v) is 3.57. The average Bonchev–Trinajstić information content (AvgIpc) is 3.15. The summed E-state index contributed by atoms with van der Waals surface area (Å²) in [6, 6.07) is 7.81. The molecular formula is C15H16ClN3OS. The Morgan fingerprint density at radius 3 is 3.10 bits per heavy atom. The molecule has 0 radical (unpaired) electrons. The van der Waals surface area contributed by atoms with E-state index in [1.807, 2.05) is 29.2 Å². The number of amides is 1. The first-order chi connectivity index (χ1) is 10.2. The lowest BCUT2D eigenvalue weighted by Crippen LogP contribution is -2.30. The van der Waals surface area contributed by atoms with Crippen molar-refractivity contribution in [3.8, 4) is 0 Å². The molecule has 1 amide bonds. The number of hydrogen-bond acceptors (Lipinski definition) is 4. The molecular weight excluding hydrogens is 306 g/mol. The molecule has 1 unspecified atom stereocenters. The summed E-state index contributed by atoms with van der Waals surface area (Å²) < 4.78 is 0. The number of aromatic nitrogens is 1. The zero-order valence-electron chi connectivity index (χ0n) is 11.5. The lowest BCUT2D eigenvalue weighted by Gasteiger charge is -2.24. The van der Waals surface area contributed by atoms with Gasteiger partial charge >= 0.3 is 0 Å². The van der Waals surface area contributed by atoms with E-state index in [1.165, 1.54) is 11.3 Å². The second-order valence-electron chi connectivity index (χ2n) is 5.04. The van der Waals surface area contributed by atoms with Crippen LogP contribution < -0.4 is 5.73 Å². The molecule has 1 aliphatic rings. The Hall–Kier alpha value is -1.43. The highest BCUT2D eigenvalue weighted by Gasteiger charge is 2.31. The number of rotatable bonds is 3. The van der Waals surface area contributed by atoms with Crippen LogP contribution in [-0.4, -0.2) is 22.3 Å². The van der Waals surface area contributed by atoms with E-state index in [0.717, 1.165) is 30.0 Å². The predicted molar refractivity (Wildman–Crippen MR) is 84.5 cm³/mol. The zero-order chi connectivity index (χ0) is 14.8. The number of nitrogens with two attached hydrogens (primary N) is 1. The van der Waals surface area contributed by atoms with Gasteiger partial charge in [-0.25, -0.2) is 4.98 Å². The summed E-state index contributed by atoms with van der Waals surface area (Å²) in [7, 11) is 0. The van der Waals surface area contributed by atoms with Crippen LogP contribution in [0.4, 0.5) is 0 Å². The van der Waals surface area contributed by atoms with Gasteiger partial charge in [-0.1, -0.05) is 23.7 Å². The van der Waals surface area contributed by atoms with Gasteiger partial charge in [0.1, 0.15) is 10.7 Å². The Balaban J connectivity index is 1.85. The van der Waals surface area contributed by atoms with Gasteiger partial charge in [-0.2, -0.15) is 0 Å². The van der Waals surface area contributed by atoms with Crippen LogP contribution in [0.3, 0.4) is 0 Å². The Morgan fingerprint density at radius 1 is 1.52 bits per heavy atom. The van der Waals surface area contributed by atoms with Gasteiger partial charge in [0, 0.05) is 23.5 Å². The summed E-state index contributed by atoms with van der Waals surface area (Å²) in [5.41, 5.74) is 7.14. The number of carbonyl (C=O) groups is 1. The Labute approximate surface area is 132 Å². The number of hydrogen-bond donors (Lipinski definition) is 1. The topological polar surface area (TPSA) is 59.2 Å². The van der Waals surface area contributed by atoms with E-state index in [0.29, 0.717) is 17.3 Å². The standard InChI is InChI=1S/C15H16ClN3OS/c16-11-4-1-3-10(7-11)13-5-2-6-19(13)15(20)12-9-21-14(8-17)18-12/h1,3-4,7,9,13H,2,5-6,8,17H2. The lowest BCUT2D eigenvalue weighted by atomic mass is 10.0. The van der Waals surface area contributed by atoms with Crippen LogP contribution in [0.5, 0.6) is 0 Å². The quantitative estimate of drug-likeness (QED) is 0.944. The Morgan fingerprint density at radius 2 is 2.38 bits per heavy atom. The molecule has 110 valence electrons. The first kappa shape index (κ1) is 14.5. The van der Waals surface area contributed by atoms with E-state index in [1.54, 1.807) is 5.38 Å². The van der Waals surface area contributed by atoms with Crippen LogP contribution in [0.25, 0.3) is 0 Å². The van der Waals surface area contributed by atoms with Crippen LogP contribution in [0.15, 0.2) is 29.6 Å². The monoisotopic (exact) mass is 321 g/mol. The second kappa shape index (κ2) is 6.13. The minimum Gasteiger partial charge on any atom is -0.330 e. The van der Waals surface area contributed by atoms with Crippen molar-refractivity contribution in [2.24, 2.45) is 5.73 Å². The molecule has 2 aromatic rings. The predicted octanol–water partition coefficient (Wildman–Crippen LogP) is 3.23. The summed E-state index contributed by atoms with van der Waals surface area (Å²) >= 11 is 7.49. The van der Waals surface area contributed by atoms with Crippen LogP contribution in [0.1, 0.15) is 39.9 Å². The summed E-state index contributed by atoms with van der Waals surface area (Å²) in [6.45, 7) is 1.13. The van der Waals surface area contributed by atoms with E-state index >= 15 is 0 Å². The summed E-state index contributed by atoms with van der Waals surface area (Å²) in [4.78, 5) is 18.8. The van der Waals surface area contributed by atoms with Crippen molar-refractivity contribution in [1.82, 2.24) is 9.88 Å². The molecule has 2 heterocycles. The molecule has 1 aromatic carbocycles. The summed E-state index contributed by atoms with van der Waals surface area (Å²) in [5, 5.41) is 3.28. The van der Waals surface area contributed by atoms with Gasteiger partial charge < -0.3 is 10.6 Å². The Kier molecular flexibility index (Phi) is 4.24. The third kappa shape index (κ3) is 2.95. The molecule has 0 aliphatic carbocycles. The third-order valence-corrected chi connectivity index (χ3v) is 4.80. The molecule has 6 heteroatoms. The smallest absolute Gasteiger partial charge is 0.273 e. The molecule has 0 spiro atoms. The molecule has 4 nitrogen and oxygen atoms in total. The summed E-state index contributed by atoms with van der Waals surface area (Å²) in [6.07, 6.45) is 1.96. The molecule has 1 aliphatic heterocycles. The van der Waals surface area contributed by atoms with Gasteiger partial charge in [0.15, 0.2) is 0 Å². The van der Waals surface area contributed by atoms with E-state index in [9.17, 15) is 4.79 Å². The average molecular weight is 322 g/mol. The van der Waals surface area contributed by atoms with Crippen LogP contribution in [0, 0.1) is 0 Å². The van der Waals surface area contributed by atoms with Crippen molar-refractivity contribution in [2.45, 2.75) is 25.4 Å². The number of nitrogens with zero attached hydrogens (tertiary/aromatic N) is 2. The van der Waals surface area contributed by atoms with Crippen LogP contribution in [0.2, 0.25) is 5.02 Å². The Bertz CT molecular complexity index is 658. The van der Waals surface area contributed by atoms with Gasteiger partial charge in [0.2, 0.25) is 0 Å². The van der Waals surface area contributed by atoms with Gasteiger partial charge in [-0.15, -0.1) is 11.3 Å². The molecule has 0 saturated carbocycles. The molecule has 0 bridgehead atoms. The van der Waals surface area contributed by atoms with Crippen molar-refractivity contribution in [1.29, 1.82) is 0 Å². The fourth-order valence-electron chi connectivity index (χ4n) is 2.72. The van der Waals surface area contributed by atoms with Gasteiger partial charge in [-0.3, -0.25) is 4.79 Å². The number of halogens is 1. The maximum absolute atomic E-state index is 12.6. The molecule has 21 heavy (non-hydrogen) atoms. The SMILES string of the molecule is NCc1nc(C(=O)N2CCCC2c2cccc(Cl)c2)cs1. The van der Waals surface area contributed by atoms with E-state index in [-0.39, 0.29) is 11.9 Å². The first-order valence-corrected chi connectivity index (χ1v) is 8.15. The number of likely N-dealkylation sites (tertiary alicyclic amines) is 1. The van der Waals surface area contributed by atoms with E-state index < -0.39 is 0 Å². The van der Waals surface area contributed by atoms with E-state index in [2.05, 4.69) is 4.98 Å². The maximum atomic E-state index is 12.6. The van der Waals surface area contributed by atoms with Gasteiger partial charge in [0.25, 0.3) is 5.91 Å². The normalized spacial score (nSPS) is 18.2. The number of carbonyl (C=O) groups excluding carboxylic acids is 1. The number of benzene rings is 1. The van der Waals surface area contributed by atoms with E-state index in [4.69, 9.17) is 17.3 Å². The largest absolute Gasteiger partial charge is 0.330 e. The highest BCUT2D eigenvalue weighted by atomic mass is 35.5. The van der Waals surface area contributed by atoms with Crippen LogP contribution >= 0.6 is 22.9 Å². The first-order valence-electron chi connectivity index (χ1n) is 6.90. The maximum Gasteiger partial charge on any atom is 0.273 e. The minimum absolute atomic E-state index is 0.0200. The van der Waals surface area contributed by atoms with Crippen molar-refractivity contribution in [2.75, 3.05) is 6.54 Å². The second-order valence-corrected chi connectivity index (χ2v) is 6.42. The molecule has 1 aromatic heterocycles. The lowest BCUT2D eigenvalue weighted by molar-refractivity contribution is 0.0730.